The predicted molar refractivity (Wildman–Crippen MR) is 92.0 cm³/mol. The number of thiazole rings is 1. The largest absolute Gasteiger partial charge is 0.368 e. The number of piperidine rings is 1. The molecule has 0 unspecified atom stereocenters. The number of carbonyl (C=O) groups is 2. The Labute approximate surface area is 146 Å². The molecule has 0 spiro atoms. The Kier molecular flexibility index (Phi) is 5.84. The molecule has 0 aromatic carbocycles. The van der Waals surface area contributed by atoms with Gasteiger partial charge in [-0.15, -0.1) is 11.3 Å². The van der Waals surface area contributed by atoms with Crippen LogP contribution in [0.25, 0.3) is 0 Å². The lowest BCUT2D eigenvalue weighted by molar-refractivity contribution is -0.142. The highest BCUT2D eigenvalue weighted by molar-refractivity contribution is 7.09. The predicted octanol–water partition coefficient (Wildman–Crippen LogP) is 1.71. The monoisotopic (exact) mass is 351 g/mol. The molecule has 0 radical (unpaired) electrons. The zero-order chi connectivity index (χ0) is 16.9. The molecule has 24 heavy (non-hydrogen) atoms. The molecule has 2 fully saturated rings. The van der Waals surface area contributed by atoms with Gasteiger partial charge in [-0.05, 0) is 25.7 Å². The maximum Gasteiger partial charge on any atom is 0.251 e. The third-order valence-electron chi connectivity index (χ3n) is 4.69. The van der Waals surface area contributed by atoms with Crippen LogP contribution in [0.4, 0.5) is 0 Å². The van der Waals surface area contributed by atoms with E-state index >= 15 is 0 Å². The summed E-state index contributed by atoms with van der Waals surface area (Å²) in [6, 6.07) is 0. The molecule has 6 nitrogen and oxygen atoms in total. The average molecular weight is 351 g/mol. The van der Waals surface area contributed by atoms with Crippen LogP contribution in [0.3, 0.4) is 0 Å². The van der Waals surface area contributed by atoms with E-state index < -0.39 is 0 Å². The van der Waals surface area contributed by atoms with Crippen molar-refractivity contribution in [3.8, 4) is 0 Å². The second-order valence-electron chi connectivity index (χ2n) is 6.51. The Morgan fingerprint density at radius 2 is 2.17 bits per heavy atom. The van der Waals surface area contributed by atoms with E-state index in [1.54, 1.807) is 11.3 Å². The average Bonchev–Trinajstić information content (AvgIpc) is 3.26. The van der Waals surface area contributed by atoms with E-state index in [9.17, 15) is 9.59 Å². The van der Waals surface area contributed by atoms with E-state index in [4.69, 9.17) is 9.72 Å². The van der Waals surface area contributed by atoms with Gasteiger partial charge in [0, 0.05) is 50.9 Å². The SMILES string of the molecule is CC(=O)NCCc1csc(C2CCN(C(=O)[C@@H]3CCCO3)CC2)n1. The van der Waals surface area contributed by atoms with Gasteiger partial charge in [0.1, 0.15) is 6.10 Å². The Bertz CT molecular complexity index is 575. The molecule has 7 heteroatoms. The van der Waals surface area contributed by atoms with E-state index in [1.807, 2.05) is 4.90 Å². The van der Waals surface area contributed by atoms with E-state index in [1.165, 1.54) is 6.92 Å². The Morgan fingerprint density at radius 1 is 1.38 bits per heavy atom. The highest BCUT2D eigenvalue weighted by atomic mass is 32.1. The molecule has 2 aliphatic rings. The second kappa shape index (κ2) is 8.07. The maximum atomic E-state index is 12.4. The molecule has 1 aromatic heterocycles. The van der Waals surface area contributed by atoms with Gasteiger partial charge in [0.05, 0.1) is 10.7 Å². The summed E-state index contributed by atoms with van der Waals surface area (Å²) >= 11 is 1.70. The molecule has 1 atom stereocenters. The van der Waals surface area contributed by atoms with E-state index in [-0.39, 0.29) is 17.9 Å². The molecule has 1 N–H and O–H groups in total. The number of aromatic nitrogens is 1. The zero-order valence-corrected chi connectivity index (χ0v) is 14.9. The molecule has 0 aliphatic carbocycles. The van der Waals surface area contributed by atoms with Crippen LogP contribution < -0.4 is 5.32 Å². The molecule has 1 aromatic rings. The van der Waals surface area contributed by atoms with Gasteiger partial charge in [0.15, 0.2) is 0 Å². The number of hydrogen-bond donors (Lipinski definition) is 1. The summed E-state index contributed by atoms with van der Waals surface area (Å²) in [5.74, 6) is 0.605. The van der Waals surface area contributed by atoms with Crippen molar-refractivity contribution in [3.63, 3.8) is 0 Å². The van der Waals surface area contributed by atoms with Crippen molar-refractivity contribution in [2.24, 2.45) is 0 Å². The first kappa shape index (κ1) is 17.4. The summed E-state index contributed by atoms with van der Waals surface area (Å²) in [4.78, 5) is 29.9. The molecule has 3 heterocycles. The third kappa shape index (κ3) is 4.33. The zero-order valence-electron chi connectivity index (χ0n) is 14.1. The Morgan fingerprint density at radius 3 is 2.83 bits per heavy atom. The van der Waals surface area contributed by atoms with E-state index in [0.717, 1.165) is 55.9 Å². The van der Waals surface area contributed by atoms with Crippen molar-refractivity contribution in [1.82, 2.24) is 15.2 Å². The van der Waals surface area contributed by atoms with Crippen LogP contribution in [0.2, 0.25) is 0 Å². The van der Waals surface area contributed by atoms with Gasteiger partial charge in [0.25, 0.3) is 5.91 Å². The van der Waals surface area contributed by atoms with E-state index in [2.05, 4.69) is 10.7 Å². The van der Waals surface area contributed by atoms with Crippen LogP contribution in [-0.4, -0.2) is 54.0 Å². The number of rotatable bonds is 5. The lowest BCUT2D eigenvalue weighted by atomic mass is 9.97. The second-order valence-corrected chi connectivity index (χ2v) is 7.40. The number of carbonyl (C=O) groups excluding carboxylic acids is 2. The van der Waals surface area contributed by atoms with Crippen LogP contribution in [0, 0.1) is 0 Å². The number of amides is 2. The molecule has 0 bridgehead atoms. The minimum atomic E-state index is -0.207. The minimum Gasteiger partial charge on any atom is -0.368 e. The van der Waals surface area contributed by atoms with Gasteiger partial charge in [-0.3, -0.25) is 9.59 Å². The highest BCUT2D eigenvalue weighted by Crippen LogP contribution is 2.31. The molecule has 3 rings (SSSR count). The fraction of sp³-hybridized carbons (Fsp3) is 0.706. The van der Waals surface area contributed by atoms with Gasteiger partial charge < -0.3 is 15.0 Å². The molecule has 0 saturated carbocycles. The first-order valence-corrected chi connectivity index (χ1v) is 9.60. The fourth-order valence-corrected chi connectivity index (χ4v) is 4.34. The Hall–Kier alpha value is -1.47. The smallest absolute Gasteiger partial charge is 0.251 e. The van der Waals surface area contributed by atoms with Crippen molar-refractivity contribution in [1.29, 1.82) is 0 Å². The van der Waals surface area contributed by atoms with Crippen LogP contribution >= 0.6 is 11.3 Å². The summed E-state index contributed by atoms with van der Waals surface area (Å²) in [7, 11) is 0. The highest BCUT2D eigenvalue weighted by Gasteiger charge is 2.31. The first-order valence-electron chi connectivity index (χ1n) is 8.72. The lowest BCUT2D eigenvalue weighted by Crippen LogP contribution is -2.43. The summed E-state index contributed by atoms with van der Waals surface area (Å²) in [5, 5.41) is 6.05. The summed E-state index contributed by atoms with van der Waals surface area (Å²) < 4.78 is 5.51. The maximum absolute atomic E-state index is 12.4. The lowest BCUT2D eigenvalue weighted by Gasteiger charge is -2.32. The number of likely N-dealkylation sites (tertiary alicyclic amines) is 1. The number of ether oxygens (including phenoxy) is 1. The van der Waals surface area contributed by atoms with Crippen molar-refractivity contribution in [3.05, 3.63) is 16.1 Å². The quantitative estimate of drug-likeness (QED) is 0.877. The summed E-state index contributed by atoms with van der Waals surface area (Å²) in [5.41, 5.74) is 1.04. The standard InChI is InChI=1S/C17H25N3O3S/c1-12(21)18-7-4-14-11-24-16(19-14)13-5-8-20(9-6-13)17(22)15-3-2-10-23-15/h11,13,15H,2-10H2,1H3,(H,18,21)/t15-/m0/s1. The van der Waals surface area contributed by atoms with E-state index in [0.29, 0.717) is 19.1 Å². The Balaban J connectivity index is 1.47. The minimum absolute atomic E-state index is 0.00580. The van der Waals surface area contributed by atoms with Crippen LogP contribution in [0.1, 0.15) is 49.2 Å². The number of nitrogens with one attached hydrogen (secondary N) is 1. The van der Waals surface area contributed by atoms with Gasteiger partial charge in [-0.2, -0.15) is 0 Å². The number of nitrogens with zero attached hydrogens (tertiary/aromatic N) is 2. The van der Waals surface area contributed by atoms with Crippen LogP contribution in [-0.2, 0) is 20.7 Å². The molecule has 2 aliphatic heterocycles. The van der Waals surface area contributed by atoms with Gasteiger partial charge >= 0.3 is 0 Å². The summed E-state index contributed by atoms with van der Waals surface area (Å²) in [6.07, 6.45) is 4.36. The topological polar surface area (TPSA) is 71.5 Å². The molecular weight excluding hydrogens is 326 g/mol. The fourth-order valence-electron chi connectivity index (χ4n) is 3.31. The normalized spacial score (nSPS) is 21.9. The van der Waals surface area contributed by atoms with Crippen molar-refractivity contribution in [2.45, 2.75) is 51.0 Å². The van der Waals surface area contributed by atoms with Crippen LogP contribution in [0.15, 0.2) is 5.38 Å². The summed E-state index contributed by atoms with van der Waals surface area (Å²) in [6.45, 7) is 4.46. The molecule has 2 saturated heterocycles. The van der Waals surface area contributed by atoms with Crippen LogP contribution in [0.5, 0.6) is 0 Å². The molecular formula is C17H25N3O3S. The van der Waals surface area contributed by atoms with Gasteiger partial charge in [0.2, 0.25) is 5.91 Å². The molecule has 132 valence electrons. The van der Waals surface area contributed by atoms with Crippen molar-refractivity contribution in [2.75, 3.05) is 26.2 Å². The third-order valence-corrected chi connectivity index (χ3v) is 5.74. The van der Waals surface area contributed by atoms with Crippen molar-refractivity contribution < 1.29 is 14.3 Å². The van der Waals surface area contributed by atoms with Crippen molar-refractivity contribution >= 4 is 23.2 Å². The number of hydrogen-bond acceptors (Lipinski definition) is 5. The first-order chi connectivity index (χ1) is 11.6. The van der Waals surface area contributed by atoms with Gasteiger partial charge in [-0.1, -0.05) is 0 Å². The molecule has 2 amide bonds. The van der Waals surface area contributed by atoms with Gasteiger partial charge in [-0.25, -0.2) is 4.98 Å².